The smallest absolute Gasteiger partial charge is 0.306 e. The van der Waals surface area contributed by atoms with Crippen LogP contribution in [0.25, 0.3) is 0 Å². The summed E-state index contributed by atoms with van der Waals surface area (Å²) >= 11 is 0. The van der Waals surface area contributed by atoms with Crippen LogP contribution < -0.4 is 0 Å². The van der Waals surface area contributed by atoms with Crippen molar-refractivity contribution < 1.29 is 28.6 Å². The molecule has 0 bridgehead atoms. The summed E-state index contributed by atoms with van der Waals surface area (Å²) in [7, 11) is 0. The van der Waals surface area contributed by atoms with Gasteiger partial charge in [0.05, 0.1) is 0 Å². The maximum absolute atomic E-state index is 12.7. The van der Waals surface area contributed by atoms with E-state index in [0.29, 0.717) is 19.3 Å². The number of hydrogen-bond acceptors (Lipinski definition) is 6. The van der Waals surface area contributed by atoms with E-state index in [4.69, 9.17) is 14.2 Å². The summed E-state index contributed by atoms with van der Waals surface area (Å²) in [6, 6.07) is 0. The molecule has 1 atom stereocenters. The molecule has 0 aromatic carbocycles. The van der Waals surface area contributed by atoms with E-state index in [0.717, 1.165) is 69.6 Å². The summed E-state index contributed by atoms with van der Waals surface area (Å²) in [5.74, 6) is 0.815. The fourth-order valence-electron chi connectivity index (χ4n) is 7.46. The number of hydrogen-bond donors (Lipinski definition) is 0. The second-order valence-corrected chi connectivity index (χ2v) is 18.1. The third-order valence-electron chi connectivity index (χ3n) is 11.2. The zero-order valence-electron chi connectivity index (χ0n) is 38.3. The molecule has 0 aliphatic carbocycles. The average Bonchev–Trinajstić information content (AvgIpc) is 3.16. The van der Waals surface area contributed by atoms with Crippen molar-refractivity contribution in [3.8, 4) is 0 Å². The van der Waals surface area contributed by atoms with Crippen molar-refractivity contribution in [2.45, 2.75) is 278 Å². The third-order valence-corrected chi connectivity index (χ3v) is 11.2. The van der Waals surface area contributed by atoms with Gasteiger partial charge in [0.1, 0.15) is 13.2 Å². The van der Waals surface area contributed by atoms with Crippen molar-refractivity contribution >= 4 is 17.9 Å². The molecular weight excluding hydrogens is 697 g/mol. The summed E-state index contributed by atoms with van der Waals surface area (Å²) in [6.07, 6.45) is 42.4. The van der Waals surface area contributed by atoms with Gasteiger partial charge in [-0.15, -0.1) is 0 Å². The van der Waals surface area contributed by atoms with E-state index in [-0.39, 0.29) is 31.1 Å². The molecule has 0 aliphatic rings. The second-order valence-electron chi connectivity index (χ2n) is 18.1. The maximum atomic E-state index is 12.7. The van der Waals surface area contributed by atoms with Crippen LogP contribution in [0.1, 0.15) is 272 Å². The molecule has 6 heteroatoms. The summed E-state index contributed by atoms with van der Waals surface area (Å²) in [5, 5.41) is 0. The maximum Gasteiger partial charge on any atom is 0.306 e. The Morgan fingerprint density at radius 3 is 0.875 bits per heavy atom. The van der Waals surface area contributed by atoms with Gasteiger partial charge in [-0.25, -0.2) is 0 Å². The molecule has 332 valence electrons. The van der Waals surface area contributed by atoms with Crippen LogP contribution in [-0.4, -0.2) is 37.2 Å². The highest BCUT2D eigenvalue weighted by molar-refractivity contribution is 5.71. The van der Waals surface area contributed by atoms with Gasteiger partial charge in [-0.05, 0) is 31.1 Å². The predicted molar refractivity (Wildman–Crippen MR) is 238 cm³/mol. The number of ether oxygens (including phenoxy) is 3. The van der Waals surface area contributed by atoms with Crippen LogP contribution in [0.5, 0.6) is 0 Å². The molecule has 0 aromatic heterocycles. The summed E-state index contributed by atoms with van der Waals surface area (Å²) in [5.41, 5.74) is 0. The Labute approximate surface area is 348 Å². The molecule has 0 saturated carbocycles. The van der Waals surface area contributed by atoms with Crippen LogP contribution >= 0.6 is 0 Å². The van der Waals surface area contributed by atoms with Crippen molar-refractivity contribution in [2.24, 2.45) is 11.8 Å². The first-order chi connectivity index (χ1) is 27.2. The minimum absolute atomic E-state index is 0.0643. The molecular formula is C50H96O6. The Bertz CT molecular complexity index is 854. The van der Waals surface area contributed by atoms with Crippen LogP contribution in [0.2, 0.25) is 0 Å². The van der Waals surface area contributed by atoms with Crippen molar-refractivity contribution in [3.63, 3.8) is 0 Å². The fourth-order valence-corrected chi connectivity index (χ4v) is 7.46. The van der Waals surface area contributed by atoms with E-state index in [1.165, 1.54) is 161 Å². The summed E-state index contributed by atoms with van der Waals surface area (Å²) in [6.45, 7) is 11.3. The van der Waals surface area contributed by atoms with Gasteiger partial charge in [-0.1, -0.05) is 234 Å². The fraction of sp³-hybridized carbons (Fsp3) is 0.940. The molecule has 0 aliphatic heterocycles. The Morgan fingerprint density at radius 2 is 0.589 bits per heavy atom. The first kappa shape index (κ1) is 54.4. The summed E-state index contributed by atoms with van der Waals surface area (Å²) < 4.78 is 16.7. The lowest BCUT2D eigenvalue weighted by Crippen LogP contribution is -2.30. The van der Waals surface area contributed by atoms with E-state index in [2.05, 4.69) is 34.6 Å². The number of esters is 3. The monoisotopic (exact) mass is 793 g/mol. The van der Waals surface area contributed by atoms with E-state index >= 15 is 0 Å². The average molecular weight is 793 g/mol. The number of carbonyl (C=O) groups excluding carboxylic acids is 3. The normalized spacial score (nSPS) is 12.1. The van der Waals surface area contributed by atoms with Gasteiger partial charge in [0.25, 0.3) is 0 Å². The molecule has 0 saturated heterocycles. The van der Waals surface area contributed by atoms with Crippen molar-refractivity contribution in [1.82, 2.24) is 0 Å². The van der Waals surface area contributed by atoms with Crippen molar-refractivity contribution in [3.05, 3.63) is 0 Å². The Kier molecular flexibility index (Phi) is 41.8. The summed E-state index contributed by atoms with van der Waals surface area (Å²) in [4.78, 5) is 37.7. The molecule has 0 rings (SSSR count). The molecule has 6 nitrogen and oxygen atoms in total. The number of rotatable bonds is 44. The molecule has 0 spiro atoms. The highest BCUT2D eigenvalue weighted by Gasteiger charge is 2.19. The molecule has 0 heterocycles. The van der Waals surface area contributed by atoms with Gasteiger partial charge in [0.15, 0.2) is 6.10 Å². The third kappa shape index (κ3) is 43.5. The number of carbonyl (C=O) groups is 3. The topological polar surface area (TPSA) is 78.9 Å². The zero-order valence-corrected chi connectivity index (χ0v) is 38.3. The highest BCUT2D eigenvalue weighted by Crippen LogP contribution is 2.17. The van der Waals surface area contributed by atoms with Crippen LogP contribution in [0.15, 0.2) is 0 Å². The minimum atomic E-state index is -0.760. The Hall–Kier alpha value is -1.59. The van der Waals surface area contributed by atoms with Gasteiger partial charge in [0.2, 0.25) is 0 Å². The van der Waals surface area contributed by atoms with Gasteiger partial charge in [-0.2, -0.15) is 0 Å². The molecule has 0 aromatic rings. The standard InChI is InChI=1S/C50H96O6/c1-6-7-8-9-23-30-35-40-48(51)54-43-47(44-55-49(52)41-36-31-26-21-17-14-13-16-20-25-29-34-39-46(4)5)56-50(53)42-37-32-27-22-18-12-10-11-15-19-24-28-33-38-45(2)3/h45-47H,6-44H2,1-5H3/t47-/m1/s1. The van der Waals surface area contributed by atoms with Crippen LogP contribution in [0.4, 0.5) is 0 Å². The SMILES string of the molecule is CCCCCCCCCC(=O)OC[C@H](COC(=O)CCCCCCCCCCCCCCC(C)C)OC(=O)CCCCCCCCCCCCCCCC(C)C. The van der Waals surface area contributed by atoms with Gasteiger partial charge >= 0.3 is 17.9 Å². The van der Waals surface area contributed by atoms with Gasteiger partial charge < -0.3 is 14.2 Å². The zero-order chi connectivity index (χ0) is 41.2. The van der Waals surface area contributed by atoms with Crippen LogP contribution in [0.3, 0.4) is 0 Å². The lowest BCUT2D eigenvalue weighted by molar-refractivity contribution is -0.167. The first-order valence-electron chi connectivity index (χ1n) is 24.7. The first-order valence-corrected chi connectivity index (χ1v) is 24.7. The van der Waals surface area contributed by atoms with Crippen LogP contribution in [-0.2, 0) is 28.6 Å². The lowest BCUT2D eigenvalue weighted by atomic mass is 10.0. The largest absolute Gasteiger partial charge is 0.462 e. The van der Waals surface area contributed by atoms with Crippen molar-refractivity contribution in [1.29, 1.82) is 0 Å². The molecule has 0 unspecified atom stereocenters. The van der Waals surface area contributed by atoms with Gasteiger partial charge in [0, 0.05) is 19.3 Å². The van der Waals surface area contributed by atoms with E-state index in [9.17, 15) is 14.4 Å². The number of unbranched alkanes of at least 4 members (excludes halogenated alkanes) is 29. The Morgan fingerprint density at radius 1 is 0.339 bits per heavy atom. The molecule has 0 radical (unpaired) electrons. The van der Waals surface area contributed by atoms with E-state index in [1.54, 1.807) is 0 Å². The predicted octanol–water partition coefficient (Wildman–Crippen LogP) is 15.8. The van der Waals surface area contributed by atoms with Crippen molar-refractivity contribution in [2.75, 3.05) is 13.2 Å². The Balaban J connectivity index is 4.23. The molecule has 0 N–H and O–H groups in total. The molecule has 0 fully saturated rings. The van der Waals surface area contributed by atoms with Crippen LogP contribution in [0, 0.1) is 11.8 Å². The second kappa shape index (κ2) is 43.0. The quantitative estimate of drug-likeness (QED) is 0.0347. The molecule has 56 heavy (non-hydrogen) atoms. The lowest BCUT2D eigenvalue weighted by Gasteiger charge is -2.18. The van der Waals surface area contributed by atoms with Gasteiger partial charge in [-0.3, -0.25) is 14.4 Å². The van der Waals surface area contributed by atoms with E-state index in [1.807, 2.05) is 0 Å². The highest BCUT2D eigenvalue weighted by atomic mass is 16.6. The molecule has 0 amide bonds. The minimum Gasteiger partial charge on any atom is -0.462 e. The van der Waals surface area contributed by atoms with E-state index < -0.39 is 6.10 Å².